The van der Waals surface area contributed by atoms with Crippen molar-refractivity contribution >= 4 is 5.91 Å². The van der Waals surface area contributed by atoms with Crippen molar-refractivity contribution in [2.24, 2.45) is 0 Å². The Hall–Kier alpha value is -3.09. The summed E-state index contributed by atoms with van der Waals surface area (Å²) in [5.74, 6) is 1.15. The van der Waals surface area contributed by atoms with Crippen molar-refractivity contribution in [1.29, 1.82) is 0 Å². The van der Waals surface area contributed by atoms with Crippen molar-refractivity contribution in [3.8, 4) is 5.75 Å². The van der Waals surface area contributed by atoms with Crippen LogP contribution in [0.2, 0.25) is 0 Å². The number of aryl methyl sites for hydroxylation is 3. The van der Waals surface area contributed by atoms with Gasteiger partial charge in [0.05, 0.1) is 17.8 Å². The molecular weight excluding hydrogens is 356 g/mol. The highest BCUT2D eigenvalue weighted by Crippen LogP contribution is 2.24. The van der Waals surface area contributed by atoms with Crippen LogP contribution in [0.25, 0.3) is 0 Å². The molecule has 2 aromatic heterocycles. The van der Waals surface area contributed by atoms with E-state index >= 15 is 0 Å². The molecule has 3 aromatic rings. The minimum Gasteiger partial charge on any atom is -0.488 e. The van der Waals surface area contributed by atoms with E-state index in [0.29, 0.717) is 17.9 Å². The molecule has 0 bridgehead atoms. The zero-order chi connectivity index (χ0) is 20.3. The molecule has 0 radical (unpaired) electrons. The molecule has 0 fully saturated rings. The summed E-state index contributed by atoms with van der Waals surface area (Å²) in [6.07, 6.45) is 1.90. The number of carbonyl (C=O) groups excluding carboxylic acids is 1. The first-order valence-electron chi connectivity index (χ1n) is 9.32. The Morgan fingerprint density at radius 3 is 2.75 bits per heavy atom. The van der Waals surface area contributed by atoms with Crippen molar-refractivity contribution in [1.82, 2.24) is 19.8 Å². The maximum Gasteiger partial charge on any atom is 0.276 e. The van der Waals surface area contributed by atoms with Gasteiger partial charge in [-0.1, -0.05) is 17.3 Å². The van der Waals surface area contributed by atoms with Gasteiger partial charge in [0.15, 0.2) is 5.69 Å². The van der Waals surface area contributed by atoms with Gasteiger partial charge in [-0.25, -0.2) is 0 Å². The lowest BCUT2D eigenvalue weighted by molar-refractivity contribution is 0.0770. The van der Waals surface area contributed by atoms with Crippen LogP contribution in [-0.4, -0.2) is 32.8 Å². The van der Waals surface area contributed by atoms with Crippen LogP contribution >= 0.6 is 0 Å². The molecule has 148 valence electrons. The lowest BCUT2D eigenvalue weighted by Crippen LogP contribution is -2.28. The Kier molecular flexibility index (Phi) is 5.82. The summed E-state index contributed by atoms with van der Waals surface area (Å²) in [4.78, 5) is 14.5. The van der Waals surface area contributed by atoms with Crippen LogP contribution in [0.15, 0.2) is 35.0 Å². The molecule has 0 atom stereocenters. The zero-order valence-corrected chi connectivity index (χ0v) is 17.0. The third-order valence-corrected chi connectivity index (χ3v) is 4.88. The van der Waals surface area contributed by atoms with Gasteiger partial charge in [0, 0.05) is 19.8 Å². The van der Waals surface area contributed by atoms with Gasteiger partial charge >= 0.3 is 0 Å². The largest absolute Gasteiger partial charge is 0.488 e. The average molecular weight is 382 g/mol. The van der Waals surface area contributed by atoms with E-state index in [1.54, 1.807) is 18.9 Å². The van der Waals surface area contributed by atoms with Crippen molar-refractivity contribution in [3.63, 3.8) is 0 Å². The first-order chi connectivity index (χ1) is 13.4. The summed E-state index contributed by atoms with van der Waals surface area (Å²) in [6.45, 7) is 9.27. The third kappa shape index (κ3) is 4.08. The van der Waals surface area contributed by atoms with Crippen molar-refractivity contribution in [2.45, 2.75) is 47.4 Å². The molecule has 0 aliphatic heterocycles. The van der Waals surface area contributed by atoms with Gasteiger partial charge in [0.2, 0.25) is 0 Å². The summed E-state index contributed by atoms with van der Waals surface area (Å²) in [7, 11) is 1.73. The molecule has 0 aliphatic rings. The fourth-order valence-corrected chi connectivity index (χ4v) is 2.92. The van der Waals surface area contributed by atoms with Crippen LogP contribution < -0.4 is 4.74 Å². The van der Waals surface area contributed by atoms with E-state index in [4.69, 9.17) is 9.26 Å². The lowest BCUT2D eigenvalue weighted by Gasteiger charge is -2.15. The molecule has 2 heterocycles. The van der Waals surface area contributed by atoms with Gasteiger partial charge < -0.3 is 14.2 Å². The highest BCUT2D eigenvalue weighted by atomic mass is 16.5. The SMILES string of the molecule is CCn1ccc(CN(C)C(=O)c2noc(C)c2COc2cccc(C)c2C)n1. The Morgan fingerprint density at radius 1 is 1.25 bits per heavy atom. The van der Waals surface area contributed by atoms with Gasteiger partial charge in [0.1, 0.15) is 18.1 Å². The third-order valence-electron chi connectivity index (χ3n) is 4.88. The number of amides is 1. The zero-order valence-electron chi connectivity index (χ0n) is 17.0. The molecule has 0 spiro atoms. The van der Waals surface area contributed by atoms with Crippen molar-refractivity contribution in [2.75, 3.05) is 7.05 Å². The molecule has 7 heteroatoms. The van der Waals surface area contributed by atoms with E-state index < -0.39 is 0 Å². The number of benzene rings is 1. The first kappa shape index (κ1) is 19.7. The predicted octanol–water partition coefficient (Wildman–Crippen LogP) is 3.67. The van der Waals surface area contributed by atoms with Gasteiger partial charge in [-0.15, -0.1) is 0 Å². The second-order valence-electron chi connectivity index (χ2n) is 6.88. The minimum absolute atomic E-state index is 0.220. The second-order valence-corrected chi connectivity index (χ2v) is 6.88. The summed E-state index contributed by atoms with van der Waals surface area (Å²) in [6, 6.07) is 7.82. The summed E-state index contributed by atoms with van der Waals surface area (Å²) in [5.41, 5.74) is 4.00. The molecule has 0 N–H and O–H groups in total. The van der Waals surface area contributed by atoms with Crippen molar-refractivity contribution < 1.29 is 14.1 Å². The molecule has 0 aliphatic carbocycles. The van der Waals surface area contributed by atoms with Gasteiger partial charge in [-0.2, -0.15) is 5.10 Å². The maximum atomic E-state index is 12.9. The van der Waals surface area contributed by atoms with Crippen LogP contribution in [0.5, 0.6) is 5.75 Å². The number of carbonyl (C=O) groups is 1. The van der Waals surface area contributed by atoms with Gasteiger partial charge in [0.25, 0.3) is 5.91 Å². The normalized spacial score (nSPS) is 10.9. The van der Waals surface area contributed by atoms with Crippen LogP contribution in [0, 0.1) is 20.8 Å². The number of aromatic nitrogens is 3. The van der Waals surface area contributed by atoms with Crippen LogP contribution in [0.3, 0.4) is 0 Å². The van der Waals surface area contributed by atoms with E-state index in [0.717, 1.165) is 29.1 Å². The van der Waals surface area contributed by atoms with E-state index in [9.17, 15) is 4.79 Å². The minimum atomic E-state index is -0.220. The Morgan fingerprint density at radius 2 is 2.04 bits per heavy atom. The van der Waals surface area contributed by atoms with Crippen LogP contribution in [0.4, 0.5) is 0 Å². The maximum absolute atomic E-state index is 12.9. The molecular formula is C21H26N4O3. The molecule has 0 unspecified atom stereocenters. The van der Waals surface area contributed by atoms with Crippen molar-refractivity contribution in [3.05, 3.63) is 64.3 Å². The number of ether oxygens (including phenoxy) is 1. The highest BCUT2D eigenvalue weighted by molar-refractivity contribution is 5.93. The molecule has 0 saturated heterocycles. The summed E-state index contributed by atoms with van der Waals surface area (Å²) < 4.78 is 13.1. The van der Waals surface area contributed by atoms with E-state index in [2.05, 4.69) is 10.3 Å². The number of rotatable bonds is 7. The van der Waals surface area contributed by atoms with E-state index in [-0.39, 0.29) is 18.2 Å². The standard InChI is InChI=1S/C21H26N4O3/c1-6-25-11-10-17(22-25)12-24(5)21(26)20-18(16(4)28-23-20)13-27-19-9-7-8-14(2)15(19)3/h7-11H,6,12-13H2,1-5H3. The van der Waals surface area contributed by atoms with Gasteiger partial charge in [-0.05, 0) is 51.0 Å². The molecule has 1 aromatic carbocycles. The molecule has 28 heavy (non-hydrogen) atoms. The highest BCUT2D eigenvalue weighted by Gasteiger charge is 2.24. The second kappa shape index (κ2) is 8.29. The predicted molar refractivity (Wildman–Crippen MR) is 105 cm³/mol. The molecule has 3 rings (SSSR count). The van der Waals surface area contributed by atoms with Gasteiger partial charge in [-0.3, -0.25) is 9.48 Å². The first-order valence-corrected chi connectivity index (χ1v) is 9.32. The fourth-order valence-electron chi connectivity index (χ4n) is 2.92. The monoisotopic (exact) mass is 382 g/mol. The number of hydrogen-bond donors (Lipinski definition) is 0. The van der Waals surface area contributed by atoms with Crippen LogP contribution in [-0.2, 0) is 19.7 Å². The number of hydrogen-bond acceptors (Lipinski definition) is 5. The topological polar surface area (TPSA) is 73.4 Å². The molecule has 7 nitrogen and oxygen atoms in total. The lowest BCUT2D eigenvalue weighted by atomic mass is 10.1. The van der Waals surface area contributed by atoms with Crippen LogP contribution in [0.1, 0.15) is 45.6 Å². The number of nitrogens with zero attached hydrogens (tertiary/aromatic N) is 4. The Labute approximate surface area is 164 Å². The quantitative estimate of drug-likeness (QED) is 0.623. The molecule has 0 saturated carbocycles. The summed E-state index contributed by atoms with van der Waals surface area (Å²) >= 11 is 0. The Bertz CT molecular complexity index is 974. The average Bonchev–Trinajstić information content (AvgIpc) is 3.28. The fraction of sp³-hybridized carbons (Fsp3) is 0.381. The van der Waals surface area contributed by atoms with E-state index in [1.807, 2.05) is 55.9 Å². The smallest absolute Gasteiger partial charge is 0.276 e. The van der Waals surface area contributed by atoms with E-state index in [1.165, 1.54) is 0 Å². The molecule has 1 amide bonds. The summed E-state index contributed by atoms with van der Waals surface area (Å²) in [5, 5.41) is 8.40. The Balaban J connectivity index is 1.73.